The van der Waals surface area contributed by atoms with Gasteiger partial charge in [0, 0.05) is 31.2 Å². The number of terminal acetylenes is 1. The van der Waals surface area contributed by atoms with Gasteiger partial charge in [-0.1, -0.05) is 31.2 Å². The molecule has 0 aliphatic carbocycles. The van der Waals surface area contributed by atoms with Crippen LogP contribution < -0.4 is 0 Å². The first-order valence-electron chi connectivity index (χ1n) is 6.24. The molecular formula is C16H18O2. The Morgan fingerprint density at radius 1 is 1.17 bits per heavy atom. The van der Waals surface area contributed by atoms with Gasteiger partial charge in [0.2, 0.25) is 0 Å². The lowest BCUT2D eigenvalue weighted by molar-refractivity contribution is -0.118. The van der Waals surface area contributed by atoms with E-state index in [9.17, 15) is 9.59 Å². The van der Waals surface area contributed by atoms with Crippen LogP contribution in [0.4, 0.5) is 0 Å². The zero-order valence-corrected chi connectivity index (χ0v) is 10.7. The van der Waals surface area contributed by atoms with Crippen molar-refractivity contribution in [3.63, 3.8) is 0 Å². The van der Waals surface area contributed by atoms with E-state index in [4.69, 9.17) is 6.42 Å². The maximum Gasteiger partial charge on any atom is 0.163 e. The van der Waals surface area contributed by atoms with Gasteiger partial charge >= 0.3 is 0 Å². The molecule has 0 fully saturated rings. The fraction of sp³-hybridized carbons (Fsp3) is 0.375. The largest absolute Gasteiger partial charge is 0.300 e. The molecule has 0 N–H and O–H groups in total. The SMILES string of the molecule is C#CCCc1ccc(C(=O)CCC(=O)CC)cc1. The van der Waals surface area contributed by atoms with Gasteiger partial charge in [-0.3, -0.25) is 9.59 Å². The Hall–Kier alpha value is -1.88. The highest BCUT2D eigenvalue weighted by Gasteiger charge is 2.08. The number of aryl methyl sites for hydroxylation is 1. The highest BCUT2D eigenvalue weighted by molar-refractivity contribution is 5.98. The van der Waals surface area contributed by atoms with E-state index < -0.39 is 0 Å². The summed E-state index contributed by atoms with van der Waals surface area (Å²) in [6, 6.07) is 7.47. The molecule has 1 rings (SSSR count). The van der Waals surface area contributed by atoms with E-state index in [1.165, 1.54) is 0 Å². The van der Waals surface area contributed by atoms with E-state index in [0.29, 0.717) is 31.2 Å². The van der Waals surface area contributed by atoms with Crippen LogP contribution >= 0.6 is 0 Å². The van der Waals surface area contributed by atoms with Crippen molar-refractivity contribution in [2.24, 2.45) is 0 Å². The Labute approximate surface area is 108 Å². The van der Waals surface area contributed by atoms with Crippen molar-refractivity contribution >= 4 is 11.6 Å². The van der Waals surface area contributed by atoms with Gasteiger partial charge in [-0.15, -0.1) is 12.3 Å². The molecule has 0 amide bonds. The summed E-state index contributed by atoms with van der Waals surface area (Å²) in [6.07, 6.45) is 7.88. The van der Waals surface area contributed by atoms with Gasteiger partial charge in [0.1, 0.15) is 5.78 Å². The van der Waals surface area contributed by atoms with Crippen LogP contribution in [0.3, 0.4) is 0 Å². The fourth-order valence-corrected chi connectivity index (χ4v) is 1.65. The lowest BCUT2D eigenvalue weighted by atomic mass is 10.0. The minimum Gasteiger partial charge on any atom is -0.300 e. The van der Waals surface area contributed by atoms with E-state index in [2.05, 4.69) is 5.92 Å². The van der Waals surface area contributed by atoms with E-state index in [1.807, 2.05) is 31.2 Å². The maximum atomic E-state index is 11.8. The molecule has 2 heteroatoms. The molecule has 1 aromatic carbocycles. The van der Waals surface area contributed by atoms with Crippen molar-refractivity contribution < 1.29 is 9.59 Å². The highest BCUT2D eigenvalue weighted by atomic mass is 16.1. The van der Waals surface area contributed by atoms with E-state index in [-0.39, 0.29) is 11.6 Å². The van der Waals surface area contributed by atoms with Gasteiger partial charge in [0.05, 0.1) is 0 Å². The first-order valence-corrected chi connectivity index (χ1v) is 6.24. The minimum absolute atomic E-state index is 0.0281. The Balaban J connectivity index is 2.54. The molecule has 0 atom stereocenters. The van der Waals surface area contributed by atoms with Crippen molar-refractivity contribution in [3.8, 4) is 12.3 Å². The van der Waals surface area contributed by atoms with Crippen molar-refractivity contribution in [1.29, 1.82) is 0 Å². The number of ketones is 2. The number of hydrogen-bond acceptors (Lipinski definition) is 2. The van der Waals surface area contributed by atoms with Crippen LogP contribution in [0.2, 0.25) is 0 Å². The predicted octanol–water partition coefficient (Wildman–Crippen LogP) is 3.19. The molecule has 94 valence electrons. The van der Waals surface area contributed by atoms with Crippen molar-refractivity contribution in [1.82, 2.24) is 0 Å². The molecule has 1 aromatic rings. The summed E-state index contributed by atoms with van der Waals surface area (Å²) in [5.74, 6) is 2.75. The highest BCUT2D eigenvalue weighted by Crippen LogP contribution is 2.10. The van der Waals surface area contributed by atoms with Crippen LogP contribution in [0, 0.1) is 12.3 Å². The van der Waals surface area contributed by atoms with Gasteiger partial charge in [0.25, 0.3) is 0 Å². The molecule has 0 aliphatic heterocycles. The molecule has 0 heterocycles. The van der Waals surface area contributed by atoms with Crippen LogP contribution in [0.15, 0.2) is 24.3 Å². The third kappa shape index (κ3) is 4.55. The third-order valence-electron chi connectivity index (χ3n) is 2.86. The Bertz CT molecular complexity index is 449. The van der Waals surface area contributed by atoms with Gasteiger partial charge in [-0.05, 0) is 12.0 Å². The minimum atomic E-state index is 0.0281. The van der Waals surface area contributed by atoms with Gasteiger partial charge < -0.3 is 0 Å². The summed E-state index contributed by atoms with van der Waals surface area (Å²) < 4.78 is 0. The van der Waals surface area contributed by atoms with Crippen molar-refractivity contribution in [2.45, 2.75) is 39.0 Å². The second kappa shape index (κ2) is 7.45. The summed E-state index contributed by atoms with van der Waals surface area (Å²) in [6.45, 7) is 1.81. The predicted molar refractivity (Wildman–Crippen MR) is 72.5 cm³/mol. The summed E-state index contributed by atoms with van der Waals surface area (Å²) in [5.41, 5.74) is 1.80. The molecule has 0 unspecified atom stereocenters. The standard InChI is InChI=1S/C16H18O2/c1-3-5-6-13-7-9-14(10-8-13)16(18)12-11-15(17)4-2/h1,7-10H,4-6,11-12H2,2H3. The molecule has 0 aliphatic rings. The lowest BCUT2D eigenvalue weighted by Crippen LogP contribution is -2.03. The van der Waals surface area contributed by atoms with Crippen LogP contribution in [0.5, 0.6) is 0 Å². The molecule has 0 spiro atoms. The molecule has 0 aromatic heterocycles. The van der Waals surface area contributed by atoms with E-state index in [0.717, 1.165) is 12.0 Å². The van der Waals surface area contributed by atoms with Gasteiger partial charge in [-0.25, -0.2) is 0 Å². The molecule has 0 saturated heterocycles. The summed E-state index contributed by atoms with van der Waals surface area (Å²) >= 11 is 0. The summed E-state index contributed by atoms with van der Waals surface area (Å²) in [5, 5.41) is 0. The van der Waals surface area contributed by atoms with Crippen LogP contribution in [0.1, 0.15) is 48.5 Å². The van der Waals surface area contributed by atoms with Crippen molar-refractivity contribution in [3.05, 3.63) is 35.4 Å². The first kappa shape index (κ1) is 14.2. The van der Waals surface area contributed by atoms with Crippen LogP contribution in [0.25, 0.3) is 0 Å². The van der Waals surface area contributed by atoms with Crippen molar-refractivity contribution in [2.75, 3.05) is 0 Å². The van der Waals surface area contributed by atoms with Gasteiger partial charge in [-0.2, -0.15) is 0 Å². The van der Waals surface area contributed by atoms with E-state index >= 15 is 0 Å². The Kier molecular flexibility index (Phi) is 5.87. The summed E-state index contributed by atoms with van der Waals surface area (Å²) in [7, 11) is 0. The second-order valence-electron chi connectivity index (χ2n) is 4.22. The van der Waals surface area contributed by atoms with E-state index in [1.54, 1.807) is 0 Å². The molecule has 0 radical (unpaired) electrons. The quantitative estimate of drug-likeness (QED) is 0.543. The van der Waals surface area contributed by atoms with Crippen LogP contribution in [-0.4, -0.2) is 11.6 Å². The molecule has 18 heavy (non-hydrogen) atoms. The van der Waals surface area contributed by atoms with Gasteiger partial charge in [0.15, 0.2) is 5.78 Å². The average Bonchev–Trinajstić information content (AvgIpc) is 2.42. The Morgan fingerprint density at radius 3 is 2.39 bits per heavy atom. The number of carbonyl (C=O) groups excluding carboxylic acids is 2. The fourth-order valence-electron chi connectivity index (χ4n) is 1.65. The average molecular weight is 242 g/mol. The number of hydrogen-bond donors (Lipinski definition) is 0. The monoisotopic (exact) mass is 242 g/mol. The number of benzene rings is 1. The smallest absolute Gasteiger partial charge is 0.163 e. The first-order chi connectivity index (χ1) is 8.67. The summed E-state index contributed by atoms with van der Waals surface area (Å²) in [4.78, 5) is 23.0. The normalized spacial score (nSPS) is 9.78. The Morgan fingerprint density at radius 2 is 1.83 bits per heavy atom. The molecule has 0 saturated carbocycles. The topological polar surface area (TPSA) is 34.1 Å². The molecular weight excluding hydrogens is 224 g/mol. The zero-order valence-electron chi connectivity index (χ0n) is 10.7. The molecule has 2 nitrogen and oxygen atoms in total. The number of rotatable bonds is 7. The van der Waals surface area contributed by atoms with Crippen LogP contribution in [-0.2, 0) is 11.2 Å². The zero-order chi connectivity index (χ0) is 13.4. The maximum absolute atomic E-state index is 11.8. The number of carbonyl (C=O) groups is 2. The molecule has 0 bridgehead atoms. The second-order valence-corrected chi connectivity index (χ2v) is 4.22. The third-order valence-corrected chi connectivity index (χ3v) is 2.86. The lowest BCUT2D eigenvalue weighted by Gasteiger charge is -2.02. The number of Topliss-reactive ketones (excluding diaryl/α,β-unsaturated/α-hetero) is 2.